The van der Waals surface area contributed by atoms with E-state index in [9.17, 15) is 14.7 Å². The van der Waals surface area contributed by atoms with Crippen LogP contribution in [0.2, 0.25) is 0 Å². The van der Waals surface area contributed by atoms with E-state index < -0.39 is 23.5 Å². The number of carboxylic acid groups (broad SMARTS) is 1. The van der Waals surface area contributed by atoms with E-state index in [0.717, 1.165) is 5.56 Å². The summed E-state index contributed by atoms with van der Waals surface area (Å²) >= 11 is 0. The zero-order valence-corrected chi connectivity index (χ0v) is 13.4. The summed E-state index contributed by atoms with van der Waals surface area (Å²) in [5, 5.41) is 9.17. The van der Waals surface area contributed by atoms with Gasteiger partial charge in [-0.05, 0) is 32.8 Å². The second kappa shape index (κ2) is 8.54. The molecule has 0 heterocycles. The summed E-state index contributed by atoms with van der Waals surface area (Å²) < 4.78 is 10.6. The number of hydrogen-bond donors (Lipinski definition) is 1. The van der Waals surface area contributed by atoms with E-state index in [1.54, 1.807) is 20.8 Å². The first kappa shape index (κ1) is 18.2. The summed E-state index contributed by atoms with van der Waals surface area (Å²) in [7, 11) is 0. The first-order valence-electron chi connectivity index (χ1n) is 7.34. The standard InChI is InChI=1S/C17H24O5/c1-17(2,3)22-15(18)11-14(16(19)20)9-10-21-12-13-7-5-4-6-8-13/h4-8,14H,9-12H2,1-3H3,(H,19,20). The van der Waals surface area contributed by atoms with E-state index in [2.05, 4.69) is 0 Å². The topological polar surface area (TPSA) is 72.8 Å². The van der Waals surface area contributed by atoms with Crippen molar-refractivity contribution >= 4 is 11.9 Å². The Kier molecular flexibility index (Phi) is 7.05. The van der Waals surface area contributed by atoms with E-state index in [4.69, 9.17) is 9.47 Å². The van der Waals surface area contributed by atoms with Crippen LogP contribution in [0.1, 0.15) is 39.2 Å². The van der Waals surface area contributed by atoms with Crippen molar-refractivity contribution in [2.24, 2.45) is 5.92 Å². The van der Waals surface area contributed by atoms with Gasteiger partial charge in [-0.25, -0.2) is 0 Å². The van der Waals surface area contributed by atoms with E-state index in [1.165, 1.54) is 0 Å². The number of rotatable bonds is 8. The first-order chi connectivity index (χ1) is 10.3. The van der Waals surface area contributed by atoms with E-state index in [-0.39, 0.29) is 19.4 Å². The lowest BCUT2D eigenvalue weighted by Crippen LogP contribution is -2.27. The van der Waals surface area contributed by atoms with Gasteiger partial charge in [0.2, 0.25) is 0 Å². The Labute approximate surface area is 131 Å². The molecule has 0 spiro atoms. The average molecular weight is 308 g/mol. The molecular formula is C17H24O5. The zero-order chi connectivity index (χ0) is 16.6. The molecule has 0 fully saturated rings. The number of aliphatic carboxylic acids is 1. The minimum Gasteiger partial charge on any atom is -0.481 e. The molecule has 0 saturated carbocycles. The Morgan fingerprint density at radius 3 is 2.36 bits per heavy atom. The molecule has 5 heteroatoms. The molecule has 0 aliphatic heterocycles. The van der Waals surface area contributed by atoms with Crippen molar-refractivity contribution < 1.29 is 24.2 Å². The molecular weight excluding hydrogens is 284 g/mol. The predicted molar refractivity (Wildman–Crippen MR) is 82.3 cm³/mol. The highest BCUT2D eigenvalue weighted by molar-refractivity contribution is 5.78. The number of carbonyl (C=O) groups is 2. The van der Waals surface area contributed by atoms with Crippen LogP contribution in [0.5, 0.6) is 0 Å². The van der Waals surface area contributed by atoms with Crippen LogP contribution < -0.4 is 0 Å². The van der Waals surface area contributed by atoms with Crippen LogP contribution in [-0.2, 0) is 25.7 Å². The molecule has 0 amide bonds. The molecule has 1 unspecified atom stereocenters. The number of hydrogen-bond acceptors (Lipinski definition) is 4. The highest BCUT2D eigenvalue weighted by atomic mass is 16.6. The van der Waals surface area contributed by atoms with Crippen LogP contribution in [0.3, 0.4) is 0 Å². The van der Waals surface area contributed by atoms with E-state index in [0.29, 0.717) is 6.61 Å². The van der Waals surface area contributed by atoms with Gasteiger partial charge in [0.1, 0.15) is 5.60 Å². The molecule has 1 aromatic rings. The number of esters is 1. The normalized spacial score (nSPS) is 12.7. The summed E-state index contributed by atoms with van der Waals surface area (Å²) in [6.07, 6.45) is 0.142. The molecule has 0 bridgehead atoms. The van der Waals surface area contributed by atoms with Crippen molar-refractivity contribution in [1.82, 2.24) is 0 Å². The molecule has 5 nitrogen and oxygen atoms in total. The summed E-state index contributed by atoms with van der Waals surface area (Å²) in [6.45, 7) is 5.98. The van der Waals surface area contributed by atoms with Crippen LogP contribution in [-0.4, -0.2) is 29.3 Å². The third-order valence-corrected chi connectivity index (χ3v) is 2.90. The first-order valence-corrected chi connectivity index (χ1v) is 7.34. The van der Waals surface area contributed by atoms with Gasteiger partial charge in [-0.2, -0.15) is 0 Å². The van der Waals surface area contributed by atoms with E-state index in [1.807, 2.05) is 30.3 Å². The largest absolute Gasteiger partial charge is 0.481 e. The lowest BCUT2D eigenvalue weighted by atomic mass is 10.0. The highest BCUT2D eigenvalue weighted by Crippen LogP contribution is 2.15. The molecule has 1 atom stereocenters. The van der Waals surface area contributed by atoms with E-state index >= 15 is 0 Å². The third kappa shape index (κ3) is 7.78. The van der Waals surface area contributed by atoms with Gasteiger partial charge >= 0.3 is 11.9 Å². The van der Waals surface area contributed by atoms with Gasteiger partial charge in [0.05, 0.1) is 18.9 Å². The quantitative estimate of drug-likeness (QED) is 0.590. The molecule has 122 valence electrons. The monoisotopic (exact) mass is 308 g/mol. The Bertz CT molecular complexity index is 476. The zero-order valence-electron chi connectivity index (χ0n) is 13.4. The predicted octanol–water partition coefficient (Wildman–Crippen LogP) is 3.03. The number of carboxylic acids is 1. The Balaban J connectivity index is 2.35. The average Bonchev–Trinajstić information content (AvgIpc) is 2.41. The van der Waals surface area contributed by atoms with Crippen molar-refractivity contribution in [3.8, 4) is 0 Å². The molecule has 0 aliphatic carbocycles. The highest BCUT2D eigenvalue weighted by Gasteiger charge is 2.24. The van der Waals surface area contributed by atoms with Gasteiger partial charge < -0.3 is 14.6 Å². The Morgan fingerprint density at radius 1 is 1.18 bits per heavy atom. The smallest absolute Gasteiger partial charge is 0.307 e. The minimum absolute atomic E-state index is 0.138. The molecule has 1 aromatic carbocycles. The maximum Gasteiger partial charge on any atom is 0.307 e. The fraction of sp³-hybridized carbons (Fsp3) is 0.529. The third-order valence-electron chi connectivity index (χ3n) is 2.90. The van der Waals surface area contributed by atoms with Crippen molar-refractivity contribution in [2.45, 2.75) is 45.8 Å². The van der Waals surface area contributed by atoms with Gasteiger partial charge in [-0.1, -0.05) is 30.3 Å². The number of carbonyl (C=O) groups excluding carboxylic acids is 1. The maximum atomic E-state index is 11.7. The van der Waals surface area contributed by atoms with Gasteiger partial charge in [-0.15, -0.1) is 0 Å². The van der Waals surface area contributed by atoms with Crippen LogP contribution >= 0.6 is 0 Å². The molecule has 0 aliphatic rings. The van der Waals surface area contributed by atoms with Crippen LogP contribution in [0.25, 0.3) is 0 Å². The summed E-state index contributed by atoms with van der Waals surface area (Å²) in [5.41, 5.74) is 0.422. The molecule has 1 N–H and O–H groups in total. The Hall–Kier alpha value is -1.88. The summed E-state index contributed by atoms with van der Waals surface area (Å²) in [5.74, 6) is -2.29. The second-order valence-corrected chi connectivity index (χ2v) is 6.15. The molecule has 0 saturated heterocycles. The molecule has 22 heavy (non-hydrogen) atoms. The number of benzene rings is 1. The Morgan fingerprint density at radius 2 is 1.82 bits per heavy atom. The fourth-order valence-corrected chi connectivity index (χ4v) is 1.89. The summed E-state index contributed by atoms with van der Waals surface area (Å²) in [6, 6.07) is 9.64. The minimum atomic E-state index is -1.01. The van der Waals surface area contributed by atoms with Crippen molar-refractivity contribution in [3.63, 3.8) is 0 Å². The van der Waals surface area contributed by atoms with Gasteiger partial charge in [-0.3, -0.25) is 9.59 Å². The van der Waals surface area contributed by atoms with Gasteiger partial charge in [0.25, 0.3) is 0 Å². The van der Waals surface area contributed by atoms with Gasteiger partial charge in [0, 0.05) is 6.61 Å². The lowest BCUT2D eigenvalue weighted by molar-refractivity contribution is -0.160. The SMILES string of the molecule is CC(C)(C)OC(=O)CC(CCOCc1ccccc1)C(=O)O. The van der Waals surface area contributed by atoms with Crippen LogP contribution in [0.15, 0.2) is 30.3 Å². The lowest BCUT2D eigenvalue weighted by Gasteiger charge is -2.21. The summed E-state index contributed by atoms with van der Waals surface area (Å²) in [4.78, 5) is 22.9. The number of ether oxygens (including phenoxy) is 2. The van der Waals surface area contributed by atoms with Crippen LogP contribution in [0.4, 0.5) is 0 Å². The molecule has 1 rings (SSSR count). The molecule has 0 aromatic heterocycles. The van der Waals surface area contributed by atoms with Crippen LogP contribution in [0, 0.1) is 5.92 Å². The van der Waals surface area contributed by atoms with Gasteiger partial charge in [0.15, 0.2) is 0 Å². The molecule has 0 radical (unpaired) electrons. The van der Waals surface area contributed by atoms with Crippen molar-refractivity contribution in [2.75, 3.05) is 6.61 Å². The van der Waals surface area contributed by atoms with Crippen molar-refractivity contribution in [3.05, 3.63) is 35.9 Å². The second-order valence-electron chi connectivity index (χ2n) is 6.15. The van der Waals surface area contributed by atoms with Crippen molar-refractivity contribution in [1.29, 1.82) is 0 Å². The fourth-order valence-electron chi connectivity index (χ4n) is 1.89. The maximum absolute atomic E-state index is 11.7.